The number of hydrogen-bond acceptors (Lipinski definition) is 6. The molecule has 4 bridgehead atoms. The van der Waals surface area contributed by atoms with E-state index < -0.39 is 29.6 Å². The lowest BCUT2D eigenvalue weighted by Crippen LogP contribution is -2.59. The van der Waals surface area contributed by atoms with Crippen LogP contribution in [0, 0.1) is 29.6 Å². The van der Waals surface area contributed by atoms with Crippen molar-refractivity contribution in [2.75, 3.05) is 6.54 Å². The van der Waals surface area contributed by atoms with Crippen molar-refractivity contribution in [3.63, 3.8) is 0 Å². The number of nitrogens with one attached hydrogen (secondary N) is 2. The minimum atomic E-state index is -0.865. The van der Waals surface area contributed by atoms with Gasteiger partial charge in [0.2, 0.25) is 23.4 Å². The maximum Gasteiger partial charge on any atom is 0.247 e. The van der Waals surface area contributed by atoms with Gasteiger partial charge in [0, 0.05) is 31.2 Å². The predicted octanol–water partition coefficient (Wildman–Crippen LogP) is 4.68. The normalized spacial score (nSPS) is 36.8. The molecule has 2 amide bonds. The smallest absolute Gasteiger partial charge is 0.247 e. The summed E-state index contributed by atoms with van der Waals surface area (Å²) in [5.74, 6) is 1.04. The third-order valence-corrected chi connectivity index (χ3v) is 10.5. The molecule has 0 unspecified atom stereocenters. The van der Waals surface area contributed by atoms with E-state index in [0.29, 0.717) is 35.4 Å². The lowest BCUT2D eigenvalue weighted by atomic mass is 9.53. The number of nitrogens with two attached hydrogens (primary N) is 1. The summed E-state index contributed by atoms with van der Waals surface area (Å²) in [4.78, 5) is 38.7. The summed E-state index contributed by atoms with van der Waals surface area (Å²) in [5, 5.41) is 5.99. The lowest BCUT2D eigenvalue weighted by Gasteiger charge is -2.57. The van der Waals surface area contributed by atoms with E-state index in [-0.39, 0.29) is 5.91 Å². The molecule has 8 nitrogen and oxygen atoms in total. The first-order valence-electron chi connectivity index (χ1n) is 15.4. The van der Waals surface area contributed by atoms with Crippen LogP contribution in [0.3, 0.4) is 0 Å². The van der Waals surface area contributed by atoms with Crippen molar-refractivity contribution in [2.24, 2.45) is 35.3 Å². The Balaban J connectivity index is 0.952. The van der Waals surface area contributed by atoms with Gasteiger partial charge in [0.1, 0.15) is 12.1 Å². The van der Waals surface area contributed by atoms with Gasteiger partial charge >= 0.3 is 0 Å². The highest BCUT2D eigenvalue weighted by atomic mass is 17.3. The molecule has 8 rings (SSSR count). The Morgan fingerprint density at radius 1 is 0.805 bits per heavy atom. The van der Waals surface area contributed by atoms with Crippen molar-refractivity contribution in [3.8, 4) is 0 Å². The van der Waals surface area contributed by atoms with Gasteiger partial charge in [-0.1, -0.05) is 60.7 Å². The minimum absolute atomic E-state index is 0.241. The fraction of sp³-hybridized carbons (Fsp3) is 0.576. The predicted molar refractivity (Wildman–Crippen MR) is 151 cm³/mol. The zero-order chi connectivity index (χ0) is 28.0. The Kier molecular flexibility index (Phi) is 7.14. The first kappa shape index (κ1) is 27.1. The molecule has 5 aliphatic carbocycles. The zero-order valence-corrected chi connectivity index (χ0v) is 23.5. The number of rotatable bonds is 7. The second kappa shape index (κ2) is 10.8. The zero-order valence-electron chi connectivity index (χ0n) is 23.5. The van der Waals surface area contributed by atoms with E-state index in [9.17, 15) is 9.59 Å². The van der Waals surface area contributed by atoms with E-state index >= 15 is 0 Å². The molecule has 4 N–H and O–H groups in total. The van der Waals surface area contributed by atoms with Crippen LogP contribution < -0.4 is 16.4 Å². The van der Waals surface area contributed by atoms with E-state index in [1.165, 1.54) is 32.1 Å². The molecule has 218 valence electrons. The highest BCUT2D eigenvalue weighted by Gasteiger charge is 2.66. The molecule has 2 atom stereocenters. The van der Waals surface area contributed by atoms with Crippen LogP contribution in [-0.4, -0.2) is 29.9 Å². The Morgan fingerprint density at radius 3 is 2.00 bits per heavy atom. The molecule has 0 radical (unpaired) electrons. The van der Waals surface area contributed by atoms with Crippen LogP contribution in [0.25, 0.3) is 0 Å². The maximum atomic E-state index is 13.4. The average Bonchev–Trinajstić information content (AvgIpc) is 3.38. The number of hydrogen-bond donors (Lipinski definition) is 3. The van der Waals surface area contributed by atoms with Gasteiger partial charge in [-0.15, -0.1) is 0 Å². The van der Waals surface area contributed by atoms with Crippen molar-refractivity contribution in [3.05, 3.63) is 71.8 Å². The maximum absolute atomic E-state index is 13.4. The molecule has 6 fully saturated rings. The van der Waals surface area contributed by atoms with Crippen LogP contribution >= 0.6 is 0 Å². The largest absolute Gasteiger partial charge is 0.354 e. The van der Waals surface area contributed by atoms with E-state index in [1.807, 2.05) is 60.7 Å². The van der Waals surface area contributed by atoms with E-state index in [4.69, 9.17) is 20.2 Å². The van der Waals surface area contributed by atoms with E-state index in [0.717, 1.165) is 37.5 Å². The Bertz CT molecular complexity index is 1220. The van der Waals surface area contributed by atoms with Crippen LogP contribution in [-0.2, 0) is 24.1 Å². The number of benzene rings is 2. The molecule has 8 heteroatoms. The molecule has 41 heavy (non-hydrogen) atoms. The number of amides is 2. The molecule has 0 aromatic heterocycles. The van der Waals surface area contributed by atoms with Gasteiger partial charge in [0.15, 0.2) is 0 Å². The van der Waals surface area contributed by atoms with Gasteiger partial charge in [-0.2, -0.15) is 9.78 Å². The SMILES string of the molecule is N[C@H](C(=O)N[C@H](C(=O)NCC1CCC2(CC1)OOC1(O2)C2CC3CC(C2)CC1C3)c1ccccc1)c1ccccc1. The van der Waals surface area contributed by atoms with Gasteiger partial charge in [-0.05, 0) is 73.8 Å². The summed E-state index contributed by atoms with van der Waals surface area (Å²) >= 11 is 0. The van der Waals surface area contributed by atoms with Crippen molar-refractivity contribution in [2.45, 2.75) is 81.4 Å². The quantitative estimate of drug-likeness (QED) is 0.425. The number of ether oxygens (including phenoxy) is 1. The Hall–Kier alpha value is -2.78. The number of carbonyl (C=O) groups is 2. The van der Waals surface area contributed by atoms with Gasteiger partial charge in [-0.3, -0.25) is 9.59 Å². The summed E-state index contributed by atoms with van der Waals surface area (Å²) < 4.78 is 6.84. The fourth-order valence-corrected chi connectivity index (χ4v) is 8.45. The van der Waals surface area contributed by atoms with E-state index in [2.05, 4.69) is 10.6 Å². The second-order valence-electron chi connectivity index (χ2n) is 13.1. The summed E-state index contributed by atoms with van der Waals surface area (Å²) in [6.07, 6.45) is 9.47. The molecule has 2 spiro atoms. The van der Waals surface area contributed by atoms with Crippen LogP contribution in [0.2, 0.25) is 0 Å². The topological polar surface area (TPSA) is 112 Å². The standard InChI is InChI=1S/C33H41N3O5/c34-28(24-7-3-1-4-8-24)30(37)36-29(25-9-5-2-6-10-25)31(38)35-20-21-11-13-32(14-12-21)39-33(41-40-32)26-16-22-15-23(18-26)19-27(33)17-22/h1-10,21-23,26-29H,11-20,34H2,(H,35,38)(H,36,37)/t21?,22?,23?,26?,27?,28-,29-,32?,33?/m0/s1. The van der Waals surface area contributed by atoms with Gasteiger partial charge in [0.05, 0.1) is 0 Å². The van der Waals surface area contributed by atoms with E-state index in [1.54, 1.807) is 0 Å². The molecule has 1 heterocycles. The molecule has 2 aromatic carbocycles. The molecule has 2 aromatic rings. The van der Waals surface area contributed by atoms with Crippen LogP contribution in [0.1, 0.15) is 81.0 Å². The minimum Gasteiger partial charge on any atom is -0.354 e. The monoisotopic (exact) mass is 559 g/mol. The first-order chi connectivity index (χ1) is 19.9. The molecular weight excluding hydrogens is 518 g/mol. The molecule has 5 saturated carbocycles. The third-order valence-electron chi connectivity index (χ3n) is 10.5. The number of carbonyl (C=O) groups excluding carboxylic acids is 2. The molecular formula is C33H41N3O5. The second-order valence-corrected chi connectivity index (χ2v) is 13.1. The summed E-state index contributed by atoms with van der Waals surface area (Å²) in [6.45, 7) is 0.527. The fourth-order valence-electron chi connectivity index (χ4n) is 8.45. The Morgan fingerprint density at radius 2 is 1.39 bits per heavy atom. The van der Waals surface area contributed by atoms with Crippen LogP contribution in [0.5, 0.6) is 0 Å². The average molecular weight is 560 g/mol. The molecule has 6 aliphatic rings. The van der Waals surface area contributed by atoms with Crippen molar-refractivity contribution < 1.29 is 24.1 Å². The van der Waals surface area contributed by atoms with Crippen molar-refractivity contribution in [1.82, 2.24) is 10.6 Å². The molecule has 1 aliphatic heterocycles. The summed E-state index contributed by atoms with van der Waals surface area (Å²) in [7, 11) is 0. The lowest BCUT2D eigenvalue weighted by molar-refractivity contribution is -0.390. The van der Waals surface area contributed by atoms with Crippen LogP contribution in [0.4, 0.5) is 0 Å². The van der Waals surface area contributed by atoms with Crippen LogP contribution in [0.15, 0.2) is 60.7 Å². The summed E-state index contributed by atoms with van der Waals surface area (Å²) in [6, 6.07) is 16.8. The van der Waals surface area contributed by atoms with Crippen molar-refractivity contribution >= 4 is 11.8 Å². The third kappa shape index (κ3) is 5.09. The highest BCUT2D eigenvalue weighted by Crippen LogP contribution is 2.63. The first-order valence-corrected chi connectivity index (χ1v) is 15.4. The Labute approximate surface area is 241 Å². The van der Waals surface area contributed by atoms with Gasteiger partial charge < -0.3 is 21.1 Å². The molecule has 1 saturated heterocycles. The highest BCUT2D eigenvalue weighted by molar-refractivity contribution is 5.91. The van der Waals surface area contributed by atoms with Crippen molar-refractivity contribution in [1.29, 1.82) is 0 Å². The van der Waals surface area contributed by atoms with Gasteiger partial charge in [0.25, 0.3) is 0 Å². The summed E-state index contributed by atoms with van der Waals surface area (Å²) in [5.41, 5.74) is 7.64. The van der Waals surface area contributed by atoms with Gasteiger partial charge in [-0.25, -0.2) is 0 Å².